The van der Waals surface area contributed by atoms with Gasteiger partial charge in [0.25, 0.3) is 5.91 Å². The Morgan fingerprint density at radius 3 is 2.63 bits per heavy atom. The number of likely N-dealkylation sites (N-methyl/N-ethyl adjacent to an activating group) is 1. The van der Waals surface area contributed by atoms with Gasteiger partial charge in [-0.25, -0.2) is 9.37 Å². The summed E-state index contributed by atoms with van der Waals surface area (Å²) >= 11 is 1.22. The van der Waals surface area contributed by atoms with Crippen LogP contribution < -0.4 is 20.3 Å². The highest BCUT2D eigenvalue weighted by atomic mass is 32.1. The van der Waals surface area contributed by atoms with Crippen molar-refractivity contribution in [1.29, 1.82) is 5.26 Å². The number of halogens is 1. The minimum Gasteiger partial charge on any atom is -0.424 e. The molecule has 0 saturated carbocycles. The van der Waals surface area contributed by atoms with E-state index in [2.05, 4.69) is 53.5 Å². The van der Waals surface area contributed by atoms with Gasteiger partial charge in [0.15, 0.2) is 5.13 Å². The van der Waals surface area contributed by atoms with Crippen molar-refractivity contribution < 1.29 is 13.9 Å². The Bertz CT molecular complexity index is 1480. The summed E-state index contributed by atoms with van der Waals surface area (Å²) in [6.45, 7) is 3.40. The number of anilines is 4. The predicted octanol–water partition coefficient (Wildman–Crippen LogP) is 3.88. The van der Waals surface area contributed by atoms with Crippen LogP contribution in [-0.4, -0.2) is 64.0 Å². The van der Waals surface area contributed by atoms with Crippen molar-refractivity contribution in [2.24, 2.45) is 0 Å². The maximum absolute atomic E-state index is 13.9. The van der Waals surface area contributed by atoms with Gasteiger partial charge in [-0.1, -0.05) is 11.3 Å². The molecule has 0 atom stereocenters. The zero-order valence-corrected chi connectivity index (χ0v) is 21.1. The molecule has 38 heavy (non-hydrogen) atoms. The maximum atomic E-state index is 13.9. The molecular formula is C25H22FN9O2S. The normalized spacial score (nSPS) is 13.6. The minimum atomic E-state index is -0.652. The summed E-state index contributed by atoms with van der Waals surface area (Å²) in [4.78, 5) is 34.3. The lowest BCUT2D eigenvalue weighted by atomic mass is 10.2. The summed E-state index contributed by atoms with van der Waals surface area (Å²) in [7, 11) is 2.08. The van der Waals surface area contributed by atoms with E-state index in [9.17, 15) is 9.18 Å². The summed E-state index contributed by atoms with van der Waals surface area (Å²) in [6, 6.07) is 11.7. The molecule has 1 fully saturated rings. The largest absolute Gasteiger partial charge is 0.424 e. The first kappa shape index (κ1) is 25.0. The number of aromatic nitrogens is 4. The van der Waals surface area contributed by atoms with Gasteiger partial charge in [0, 0.05) is 50.3 Å². The van der Waals surface area contributed by atoms with Gasteiger partial charge in [-0.2, -0.15) is 15.2 Å². The molecule has 3 aromatic heterocycles. The van der Waals surface area contributed by atoms with E-state index in [1.807, 2.05) is 6.07 Å². The molecule has 0 aliphatic carbocycles. The molecular weight excluding hydrogens is 509 g/mol. The summed E-state index contributed by atoms with van der Waals surface area (Å²) in [5.41, 5.74) is 0.307. The maximum Gasteiger partial charge on any atom is 0.325 e. The molecule has 2 N–H and O–H groups in total. The van der Waals surface area contributed by atoms with E-state index < -0.39 is 11.7 Å². The highest BCUT2D eigenvalue weighted by molar-refractivity contribution is 7.16. The molecule has 13 heteroatoms. The van der Waals surface area contributed by atoms with Crippen molar-refractivity contribution in [1.82, 2.24) is 24.8 Å². The van der Waals surface area contributed by atoms with Gasteiger partial charge in [0.05, 0.1) is 11.8 Å². The van der Waals surface area contributed by atoms with Crippen molar-refractivity contribution in [3.05, 3.63) is 71.2 Å². The highest BCUT2D eigenvalue weighted by Gasteiger charge is 2.19. The van der Waals surface area contributed by atoms with E-state index in [1.54, 1.807) is 24.3 Å². The Morgan fingerprint density at radius 1 is 1.13 bits per heavy atom. The first-order chi connectivity index (χ1) is 18.5. The van der Waals surface area contributed by atoms with Crippen LogP contribution in [0.5, 0.6) is 11.8 Å². The number of ether oxygens (including phenoxy) is 1. The van der Waals surface area contributed by atoms with Crippen LogP contribution in [0.1, 0.15) is 15.2 Å². The zero-order valence-electron chi connectivity index (χ0n) is 20.3. The van der Waals surface area contributed by atoms with Crippen molar-refractivity contribution in [3.8, 4) is 17.8 Å². The number of amides is 1. The lowest BCUT2D eigenvalue weighted by molar-refractivity contribution is 0.102. The number of carbonyl (C=O) groups excluding carboxylic acids is 1. The molecule has 0 radical (unpaired) electrons. The topological polar surface area (TPSA) is 132 Å². The number of nitriles is 1. The first-order valence-corrected chi connectivity index (χ1v) is 12.4. The van der Waals surface area contributed by atoms with Crippen LogP contribution in [-0.2, 0) is 0 Å². The third-order valence-corrected chi connectivity index (χ3v) is 6.52. The summed E-state index contributed by atoms with van der Waals surface area (Å²) in [5, 5.41) is 15.4. The standard InChI is InChI=1S/C25H22FN9O2S/c1-34-8-10-35(11-9-34)22-12-21(32-25-29-14-18(13-27)38-25)31-24(33-22)37-17-4-2-16(3-5-17)30-23(36)19-15-28-7-6-20(19)26/h2-7,12,14-15H,8-11H2,1H3,(H,30,36)(H,29,31,32,33). The molecule has 1 aromatic carbocycles. The number of rotatable bonds is 7. The number of hydrogen-bond donors (Lipinski definition) is 2. The number of carbonyl (C=O) groups is 1. The van der Waals surface area contributed by atoms with Crippen molar-refractivity contribution in [2.45, 2.75) is 0 Å². The zero-order chi connectivity index (χ0) is 26.5. The van der Waals surface area contributed by atoms with Crippen LogP contribution in [0.15, 0.2) is 55.0 Å². The summed E-state index contributed by atoms with van der Waals surface area (Å²) in [5.74, 6) is 0.360. The van der Waals surface area contributed by atoms with E-state index >= 15 is 0 Å². The van der Waals surface area contributed by atoms with E-state index in [1.165, 1.54) is 29.9 Å². The van der Waals surface area contributed by atoms with Crippen LogP contribution in [0.2, 0.25) is 0 Å². The molecule has 192 valence electrons. The SMILES string of the molecule is CN1CCN(c2cc(Nc3ncc(C#N)s3)nc(Oc3ccc(NC(=O)c4cnccc4F)cc3)n2)CC1. The third-order valence-electron chi connectivity index (χ3n) is 5.70. The van der Waals surface area contributed by atoms with Gasteiger partial charge in [0.2, 0.25) is 0 Å². The van der Waals surface area contributed by atoms with Gasteiger partial charge >= 0.3 is 6.01 Å². The van der Waals surface area contributed by atoms with Crippen molar-refractivity contribution >= 4 is 39.7 Å². The number of thiazole rings is 1. The Hall–Kier alpha value is -4.67. The number of nitrogens with zero attached hydrogens (tertiary/aromatic N) is 7. The van der Waals surface area contributed by atoms with Crippen LogP contribution in [0.3, 0.4) is 0 Å². The van der Waals surface area contributed by atoms with Crippen LogP contribution >= 0.6 is 11.3 Å². The monoisotopic (exact) mass is 531 g/mol. The van der Waals surface area contributed by atoms with Gasteiger partial charge in [-0.15, -0.1) is 0 Å². The summed E-state index contributed by atoms with van der Waals surface area (Å²) < 4.78 is 19.8. The number of nitrogens with one attached hydrogen (secondary N) is 2. The molecule has 11 nitrogen and oxygen atoms in total. The van der Waals surface area contributed by atoms with E-state index in [4.69, 9.17) is 10.00 Å². The van der Waals surface area contributed by atoms with Gasteiger partial charge < -0.3 is 25.2 Å². The fourth-order valence-corrected chi connectivity index (χ4v) is 4.29. The Balaban J connectivity index is 1.34. The molecule has 1 aliphatic heterocycles. The molecule has 4 heterocycles. The molecule has 0 unspecified atom stereocenters. The minimum absolute atomic E-state index is 0.121. The fraction of sp³-hybridized carbons (Fsp3) is 0.200. The second kappa shape index (κ2) is 11.2. The van der Waals surface area contributed by atoms with Gasteiger partial charge in [-0.3, -0.25) is 9.78 Å². The van der Waals surface area contributed by atoms with Crippen molar-refractivity contribution in [3.63, 3.8) is 0 Å². The third kappa shape index (κ3) is 6.00. The van der Waals surface area contributed by atoms with E-state index in [0.29, 0.717) is 33.1 Å². The van der Waals surface area contributed by atoms with Crippen LogP contribution in [0.25, 0.3) is 0 Å². The molecule has 1 saturated heterocycles. The number of pyridine rings is 1. The molecule has 0 spiro atoms. The van der Waals surface area contributed by atoms with Crippen molar-refractivity contribution in [2.75, 3.05) is 48.8 Å². The second-order valence-corrected chi connectivity index (χ2v) is 9.42. The lowest BCUT2D eigenvalue weighted by Gasteiger charge is -2.33. The van der Waals surface area contributed by atoms with Crippen LogP contribution in [0, 0.1) is 17.1 Å². The fourth-order valence-electron chi connectivity index (χ4n) is 3.67. The molecule has 1 aliphatic rings. The smallest absolute Gasteiger partial charge is 0.325 e. The molecule has 5 rings (SSSR count). The highest BCUT2D eigenvalue weighted by Crippen LogP contribution is 2.28. The van der Waals surface area contributed by atoms with Gasteiger partial charge in [-0.05, 0) is 37.4 Å². The lowest BCUT2D eigenvalue weighted by Crippen LogP contribution is -2.44. The molecule has 1 amide bonds. The Kier molecular flexibility index (Phi) is 7.34. The average molecular weight is 532 g/mol. The number of benzene rings is 1. The molecule has 0 bridgehead atoms. The molecule has 4 aromatic rings. The summed E-state index contributed by atoms with van der Waals surface area (Å²) in [6.07, 6.45) is 3.95. The predicted molar refractivity (Wildman–Crippen MR) is 141 cm³/mol. The second-order valence-electron chi connectivity index (χ2n) is 8.39. The van der Waals surface area contributed by atoms with Gasteiger partial charge in [0.1, 0.15) is 34.1 Å². The first-order valence-electron chi connectivity index (χ1n) is 11.6. The Morgan fingerprint density at radius 2 is 1.92 bits per heavy atom. The van der Waals surface area contributed by atoms with E-state index in [0.717, 1.165) is 32.2 Å². The number of hydrogen-bond acceptors (Lipinski definition) is 11. The average Bonchev–Trinajstić information content (AvgIpc) is 3.38. The quantitative estimate of drug-likeness (QED) is 0.362. The van der Waals surface area contributed by atoms with Crippen LogP contribution in [0.4, 0.5) is 26.8 Å². The van der Waals surface area contributed by atoms with E-state index in [-0.39, 0.29) is 11.6 Å². The Labute approximate surface area is 221 Å². The number of piperazine rings is 1.